The smallest absolute Gasteiger partial charge is 0.161 e. The van der Waals surface area contributed by atoms with E-state index in [2.05, 4.69) is 10.4 Å². The lowest BCUT2D eigenvalue weighted by Gasteiger charge is -2.10. The van der Waals surface area contributed by atoms with Crippen LogP contribution in [0.2, 0.25) is 0 Å². The third kappa shape index (κ3) is 4.56. The Labute approximate surface area is 154 Å². The van der Waals surface area contributed by atoms with E-state index in [1.165, 1.54) is 0 Å². The lowest BCUT2D eigenvalue weighted by atomic mass is 10.1. The number of benzene rings is 1. The maximum Gasteiger partial charge on any atom is 0.161 e. The predicted molar refractivity (Wildman–Crippen MR) is 100 cm³/mol. The Balaban J connectivity index is 1.74. The average molecular weight is 379 g/mol. The van der Waals surface area contributed by atoms with Gasteiger partial charge in [-0.2, -0.15) is 5.10 Å². The molecule has 0 fully saturated rings. The summed E-state index contributed by atoms with van der Waals surface area (Å²) in [5, 5.41) is 7.76. The average Bonchev–Trinajstić information content (AvgIpc) is 2.84. The van der Waals surface area contributed by atoms with E-state index in [0.29, 0.717) is 26.3 Å². The minimum Gasteiger partial charge on any atom is -0.490 e. The zero-order valence-corrected chi connectivity index (χ0v) is 16.0. The lowest BCUT2D eigenvalue weighted by molar-refractivity contribution is 0.297. The summed E-state index contributed by atoms with van der Waals surface area (Å²) in [6.07, 6.45) is 2.81. The van der Waals surface area contributed by atoms with Gasteiger partial charge in [-0.1, -0.05) is 6.92 Å². The van der Waals surface area contributed by atoms with Crippen molar-refractivity contribution in [2.45, 2.75) is 19.9 Å². The molecule has 1 aromatic carbocycles. The van der Waals surface area contributed by atoms with Gasteiger partial charge in [0.1, 0.15) is 0 Å². The fourth-order valence-corrected chi connectivity index (χ4v) is 3.56. The van der Waals surface area contributed by atoms with E-state index in [9.17, 15) is 8.42 Å². The second kappa shape index (κ2) is 8.09. The molecule has 0 radical (unpaired) electrons. The number of nitrogens with one attached hydrogen (secondary N) is 1. The fourth-order valence-electron chi connectivity index (χ4n) is 2.82. The number of hydrogen-bond acceptors (Lipinski definition) is 6. The van der Waals surface area contributed by atoms with Crippen molar-refractivity contribution < 1.29 is 17.9 Å². The highest BCUT2D eigenvalue weighted by Gasteiger charge is 2.15. The van der Waals surface area contributed by atoms with Crippen LogP contribution in [0.3, 0.4) is 0 Å². The molecular weight excluding hydrogens is 354 g/mol. The zero-order valence-electron chi connectivity index (χ0n) is 15.2. The summed E-state index contributed by atoms with van der Waals surface area (Å²) < 4.78 is 36.4. The van der Waals surface area contributed by atoms with E-state index in [1.807, 2.05) is 31.4 Å². The van der Waals surface area contributed by atoms with E-state index in [1.54, 1.807) is 11.6 Å². The van der Waals surface area contributed by atoms with Crippen molar-refractivity contribution in [1.82, 2.24) is 15.1 Å². The Morgan fingerprint density at radius 1 is 1.23 bits per heavy atom. The minimum absolute atomic E-state index is 0.142. The number of nitrogens with zero attached hydrogens (tertiary/aromatic N) is 2. The second-order valence-electron chi connectivity index (χ2n) is 6.30. The minimum atomic E-state index is -2.96. The van der Waals surface area contributed by atoms with Crippen molar-refractivity contribution in [2.75, 3.05) is 31.3 Å². The van der Waals surface area contributed by atoms with Crippen LogP contribution >= 0.6 is 0 Å². The molecule has 0 aliphatic carbocycles. The van der Waals surface area contributed by atoms with Gasteiger partial charge in [-0.3, -0.25) is 4.68 Å². The molecule has 2 aromatic rings. The monoisotopic (exact) mass is 379 g/mol. The van der Waals surface area contributed by atoms with Crippen LogP contribution in [0, 0.1) is 0 Å². The third-order valence-electron chi connectivity index (χ3n) is 4.27. The molecule has 0 spiro atoms. The number of rotatable bonds is 7. The first-order valence-corrected chi connectivity index (χ1v) is 10.6. The third-order valence-corrected chi connectivity index (χ3v) is 5.98. The maximum absolute atomic E-state index is 11.6. The number of sulfone groups is 1. The van der Waals surface area contributed by atoms with Crippen LogP contribution in [0.25, 0.3) is 11.3 Å². The van der Waals surface area contributed by atoms with Crippen LogP contribution in [-0.2, 0) is 23.4 Å². The Kier molecular flexibility index (Phi) is 5.83. The van der Waals surface area contributed by atoms with Gasteiger partial charge in [0.15, 0.2) is 21.3 Å². The van der Waals surface area contributed by atoms with E-state index < -0.39 is 9.84 Å². The molecule has 7 nitrogen and oxygen atoms in total. The molecule has 0 amide bonds. The Bertz CT molecular complexity index is 861. The van der Waals surface area contributed by atoms with Crippen LogP contribution in [0.5, 0.6) is 11.5 Å². The molecule has 0 bridgehead atoms. The van der Waals surface area contributed by atoms with E-state index in [4.69, 9.17) is 9.47 Å². The fraction of sp³-hybridized carbons (Fsp3) is 0.500. The number of fused-ring (bicyclic) bond motifs is 1. The first-order valence-electron chi connectivity index (χ1n) is 8.82. The van der Waals surface area contributed by atoms with E-state index in [-0.39, 0.29) is 11.5 Å². The van der Waals surface area contributed by atoms with Crippen LogP contribution < -0.4 is 14.8 Å². The lowest BCUT2D eigenvalue weighted by Crippen LogP contribution is -2.23. The Morgan fingerprint density at radius 2 is 2.00 bits per heavy atom. The predicted octanol–water partition coefficient (Wildman–Crippen LogP) is 1.77. The van der Waals surface area contributed by atoms with Crippen molar-refractivity contribution in [3.8, 4) is 22.8 Å². The molecule has 2 heterocycles. The van der Waals surface area contributed by atoms with Crippen molar-refractivity contribution >= 4 is 9.84 Å². The zero-order chi connectivity index (χ0) is 18.6. The van der Waals surface area contributed by atoms with Crippen molar-refractivity contribution in [2.24, 2.45) is 7.05 Å². The van der Waals surface area contributed by atoms with Gasteiger partial charge in [0.25, 0.3) is 0 Å². The van der Waals surface area contributed by atoms with Crippen molar-refractivity contribution in [3.63, 3.8) is 0 Å². The standard InChI is InChI=1S/C18H25N3O4S/c1-3-26(22,23)10-7-19-12-15-13-21(2)20-18(15)14-5-6-16-17(11-14)25-9-4-8-24-16/h5-6,11,13,19H,3-4,7-10,12H2,1-2H3. The van der Waals surface area contributed by atoms with E-state index >= 15 is 0 Å². The summed E-state index contributed by atoms with van der Waals surface area (Å²) in [5.74, 6) is 1.80. The van der Waals surface area contributed by atoms with Gasteiger partial charge in [-0.05, 0) is 18.2 Å². The summed E-state index contributed by atoms with van der Waals surface area (Å²) in [5.41, 5.74) is 2.82. The normalized spacial score (nSPS) is 14.2. The largest absolute Gasteiger partial charge is 0.490 e. The molecule has 142 valence electrons. The Morgan fingerprint density at radius 3 is 2.77 bits per heavy atom. The first kappa shape index (κ1) is 18.7. The second-order valence-corrected chi connectivity index (χ2v) is 8.77. The molecule has 3 rings (SSSR count). The van der Waals surface area contributed by atoms with Crippen LogP contribution in [-0.4, -0.2) is 49.5 Å². The van der Waals surface area contributed by atoms with Crippen molar-refractivity contribution in [3.05, 3.63) is 30.0 Å². The maximum atomic E-state index is 11.6. The molecule has 1 aliphatic heterocycles. The molecule has 8 heteroatoms. The van der Waals surface area contributed by atoms with Crippen LogP contribution in [0.4, 0.5) is 0 Å². The Hall–Kier alpha value is -2.06. The molecule has 0 saturated carbocycles. The molecule has 0 saturated heterocycles. The van der Waals surface area contributed by atoms with Gasteiger partial charge < -0.3 is 14.8 Å². The van der Waals surface area contributed by atoms with Crippen LogP contribution in [0.15, 0.2) is 24.4 Å². The van der Waals surface area contributed by atoms with Gasteiger partial charge in [0.05, 0.1) is 24.7 Å². The molecular formula is C18H25N3O4S. The van der Waals surface area contributed by atoms with Crippen LogP contribution in [0.1, 0.15) is 18.9 Å². The number of ether oxygens (including phenoxy) is 2. The number of aryl methyl sites for hydroxylation is 1. The van der Waals surface area contributed by atoms with Gasteiger partial charge in [-0.15, -0.1) is 0 Å². The molecule has 1 aromatic heterocycles. The summed E-state index contributed by atoms with van der Waals surface area (Å²) >= 11 is 0. The summed E-state index contributed by atoms with van der Waals surface area (Å²) in [4.78, 5) is 0. The quantitative estimate of drug-likeness (QED) is 0.739. The number of hydrogen-bond donors (Lipinski definition) is 1. The van der Waals surface area contributed by atoms with Gasteiger partial charge in [0, 0.05) is 49.6 Å². The van der Waals surface area contributed by atoms with Gasteiger partial charge in [-0.25, -0.2) is 8.42 Å². The first-order chi connectivity index (χ1) is 12.5. The topological polar surface area (TPSA) is 82.5 Å². The SMILES string of the molecule is CCS(=O)(=O)CCNCc1cn(C)nc1-c1ccc2c(c1)OCCCO2. The van der Waals surface area contributed by atoms with Crippen molar-refractivity contribution in [1.29, 1.82) is 0 Å². The highest BCUT2D eigenvalue weighted by Crippen LogP contribution is 2.34. The summed E-state index contributed by atoms with van der Waals surface area (Å²) in [6, 6.07) is 5.84. The molecule has 0 unspecified atom stereocenters. The molecule has 0 atom stereocenters. The molecule has 26 heavy (non-hydrogen) atoms. The van der Waals surface area contributed by atoms with Gasteiger partial charge >= 0.3 is 0 Å². The summed E-state index contributed by atoms with van der Waals surface area (Å²) in [6.45, 7) is 3.94. The molecule has 1 N–H and O–H groups in total. The highest BCUT2D eigenvalue weighted by atomic mass is 32.2. The highest BCUT2D eigenvalue weighted by molar-refractivity contribution is 7.91. The number of aromatic nitrogens is 2. The van der Waals surface area contributed by atoms with Gasteiger partial charge in [0.2, 0.25) is 0 Å². The molecule has 1 aliphatic rings. The summed E-state index contributed by atoms with van der Waals surface area (Å²) in [7, 11) is -1.09. The van der Waals surface area contributed by atoms with E-state index in [0.717, 1.165) is 34.7 Å².